The van der Waals surface area contributed by atoms with Gasteiger partial charge in [0.1, 0.15) is 0 Å². The highest BCUT2D eigenvalue weighted by Gasteiger charge is 2.24. The van der Waals surface area contributed by atoms with Crippen LogP contribution in [0.3, 0.4) is 0 Å². The third-order valence-electron chi connectivity index (χ3n) is 3.56. The highest BCUT2D eigenvalue weighted by atomic mass is 32.2. The molecule has 2 aliphatic rings. The van der Waals surface area contributed by atoms with Crippen LogP contribution in [0.15, 0.2) is 4.99 Å². The summed E-state index contributed by atoms with van der Waals surface area (Å²) in [7, 11) is -3.20. The first-order chi connectivity index (χ1) is 10.1. The minimum atomic E-state index is -3.20. The molecule has 0 spiro atoms. The van der Waals surface area contributed by atoms with Crippen molar-refractivity contribution in [2.75, 3.05) is 51.7 Å². The average molecular weight is 318 g/mol. The second-order valence-corrected chi connectivity index (χ2v) is 7.51. The lowest BCUT2D eigenvalue weighted by molar-refractivity contribution is 0.0730. The number of nitrogens with one attached hydrogen (secondary N) is 2. The van der Waals surface area contributed by atoms with Crippen LogP contribution >= 0.6 is 0 Å². The topological polar surface area (TPSA) is 83.0 Å². The van der Waals surface area contributed by atoms with Gasteiger partial charge in [0.25, 0.3) is 0 Å². The van der Waals surface area contributed by atoms with Crippen molar-refractivity contribution in [3.8, 4) is 0 Å². The van der Waals surface area contributed by atoms with E-state index in [9.17, 15) is 8.42 Å². The van der Waals surface area contributed by atoms with Gasteiger partial charge in [0.05, 0.1) is 19.0 Å². The molecule has 0 bridgehead atoms. The van der Waals surface area contributed by atoms with Gasteiger partial charge < -0.3 is 15.4 Å². The Balaban J connectivity index is 1.75. The van der Waals surface area contributed by atoms with Crippen molar-refractivity contribution in [2.24, 2.45) is 10.9 Å². The summed E-state index contributed by atoms with van der Waals surface area (Å²) in [6.45, 7) is 5.85. The molecule has 0 aromatic rings. The van der Waals surface area contributed by atoms with Crippen molar-refractivity contribution < 1.29 is 13.2 Å². The van der Waals surface area contributed by atoms with Crippen molar-refractivity contribution in [1.29, 1.82) is 0 Å². The van der Waals surface area contributed by atoms with Crippen LogP contribution in [0.25, 0.3) is 0 Å². The standard InChI is InChI=1S/C13H26N4O3S/c1-2-14-13(16-11-12-3-4-12)15-5-10-21(18,19)17-6-8-20-9-7-17/h12H,2-11H2,1H3,(H2,14,15,16). The second-order valence-electron chi connectivity index (χ2n) is 5.42. The van der Waals surface area contributed by atoms with Gasteiger partial charge in [-0.05, 0) is 25.7 Å². The molecule has 7 nitrogen and oxygen atoms in total. The minimum absolute atomic E-state index is 0.0842. The SMILES string of the molecule is CCNC(=NCC1CC1)NCCS(=O)(=O)N1CCOCC1. The Kier molecular flexibility index (Phi) is 6.25. The molecular weight excluding hydrogens is 292 g/mol. The summed E-state index contributed by atoms with van der Waals surface area (Å²) < 4.78 is 31.0. The smallest absolute Gasteiger partial charge is 0.215 e. The van der Waals surface area contributed by atoms with Crippen LogP contribution in [0.2, 0.25) is 0 Å². The Bertz CT molecular complexity index is 442. The van der Waals surface area contributed by atoms with E-state index in [1.807, 2.05) is 6.92 Å². The zero-order valence-electron chi connectivity index (χ0n) is 12.7. The van der Waals surface area contributed by atoms with E-state index in [2.05, 4.69) is 15.6 Å². The monoisotopic (exact) mass is 318 g/mol. The van der Waals surface area contributed by atoms with Gasteiger partial charge in [0, 0.05) is 32.7 Å². The van der Waals surface area contributed by atoms with E-state index >= 15 is 0 Å². The number of hydrogen-bond donors (Lipinski definition) is 2. The maximum absolute atomic E-state index is 12.2. The first-order valence-corrected chi connectivity index (χ1v) is 9.30. The summed E-state index contributed by atoms with van der Waals surface area (Å²) in [6, 6.07) is 0. The van der Waals surface area contributed by atoms with E-state index in [4.69, 9.17) is 4.74 Å². The van der Waals surface area contributed by atoms with E-state index < -0.39 is 10.0 Å². The Labute approximate surface area is 127 Å². The Morgan fingerprint density at radius 3 is 2.62 bits per heavy atom. The molecule has 2 rings (SSSR count). The van der Waals surface area contributed by atoms with E-state index in [0.29, 0.717) is 38.8 Å². The Morgan fingerprint density at radius 2 is 2.00 bits per heavy atom. The van der Waals surface area contributed by atoms with E-state index in [1.165, 1.54) is 17.1 Å². The number of sulfonamides is 1. The number of aliphatic imine (C=N–C) groups is 1. The van der Waals surface area contributed by atoms with E-state index in [0.717, 1.165) is 19.0 Å². The lowest BCUT2D eigenvalue weighted by Crippen LogP contribution is -2.45. The van der Waals surface area contributed by atoms with Gasteiger partial charge in [-0.1, -0.05) is 0 Å². The fraction of sp³-hybridized carbons (Fsp3) is 0.923. The van der Waals surface area contributed by atoms with Crippen LogP contribution in [-0.4, -0.2) is 70.4 Å². The third kappa shape index (κ3) is 5.80. The molecule has 2 fully saturated rings. The molecule has 0 aromatic heterocycles. The van der Waals surface area contributed by atoms with Gasteiger partial charge >= 0.3 is 0 Å². The van der Waals surface area contributed by atoms with Crippen molar-refractivity contribution in [1.82, 2.24) is 14.9 Å². The molecule has 0 radical (unpaired) electrons. The normalized spacial score (nSPS) is 21.3. The lowest BCUT2D eigenvalue weighted by Gasteiger charge is -2.26. The maximum Gasteiger partial charge on any atom is 0.215 e. The van der Waals surface area contributed by atoms with Gasteiger partial charge in [0.2, 0.25) is 10.0 Å². The lowest BCUT2D eigenvalue weighted by atomic mass is 10.4. The van der Waals surface area contributed by atoms with Gasteiger partial charge in [-0.3, -0.25) is 4.99 Å². The van der Waals surface area contributed by atoms with Crippen LogP contribution in [0.1, 0.15) is 19.8 Å². The average Bonchev–Trinajstić information content (AvgIpc) is 3.30. The number of nitrogens with zero attached hydrogens (tertiary/aromatic N) is 2. The predicted molar refractivity (Wildman–Crippen MR) is 82.9 cm³/mol. The zero-order valence-corrected chi connectivity index (χ0v) is 13.5. The highest BCUT2D eigenvalue weighted by molar-refractivity contribution is 7.89. The predicted octanol–water partition coefficient (Wildman–Crippen LogP) is -0.386. The van der Waals surface area contributed by atoms with E-state index in [1.54, 1.807) is 0 Å². The van der Waals surface area contributed by atoms with Gasteiger partial charge in [-0.15, -0.1) is 0 Å². The van der Waals surface area contributed by atoms with E-state index in [-0.39, 0.29) is 5.75 Å². The second kappa shape index (κ2) is 7.95. The van der Waals surface area contributed by atoms with Gasteiger partial charge in [-0.2, -0.15) is 4.31 Å². The summed E-state index contributed by atoms with van der Waals surface area (Å²) in [6.07, 6.45) is 2.52. The molecule has 8 heteroatoms. The third-order valence-corrected chi connectivity index (χ3v) is 5.44. The molecule has 0 unspecified atom stereocenters. The molecule has 0 aromatic carbocycles. The van der Waals surface area contributed by atoms with Crippen LogP contribution < -0.4 is 10.6 Å². The van der Waals surface area contributed by atoms with Crippen LogP contribution in [0.4, 0.5) is 0 Å². The summed E-state index contributed by atoms with van der Waals surface area (Å²) in [4.78, 5) is 4.47. The summed E-state index contributed by atoms with van der Waals surface area (Å²) in [5.74, 6) is 1.51. The highest BCUT2D eigenvalue weighted by Crippen LogP contribution is 2.28. The quantitative estimate of drug-likeness (QED) is 0.494. The Hall–Kier alpha value is -0.860. The summed E-state index contributed by atoms with van der Waals surface area (Å²) >= 11 is 0. The summed E-state index contributed by atoms with van der Waals surface area (Å²) in [5, 5.41) is 6.24. The van der Waals surface area contributed by atoms with Crippen molar-refractivity contribution in [3.63, 3.8) is 0 Å². The molecule has 1 heterocycles. The fourth-order valence-corrected chi connectivity index (χ4v) is 3.44. The number of guanidine groups is 1. The molecule has 0 atom stereocenters. The molecule has 1 saturated heterocycles. The molecule has 2 N–H and O–H groups in total. The molecule has 122 valence electrons. The van der Waals surface area contributed by atoms with Crippen LogP contribution in [-0.2, 0) is 14.8 Å². The molecule has 21 heavy (non-hydrogen) atoms. The largest absolute Gasteiger partial charge is 0.379 e. The minimum Gasteiger partial charge on any atom is -0.379 e. The van der Waals surface area contributed by atoms with Crippen LogP contribution in [0, 0.1) is 5.92 Å². The van der Waals surface area contributed by atoms with Crippen molar-refractivity contribution >= 4 is 16.0 Å². The number of hydrogen-bond acceptors (Lipinski definition) is 4. The number of morpholine rings is 1. The number of rotatable bonds is 7. The van der Waals surface area contributed by atoms with Gasteiger partial charge in [-0.25, -0.2) is 8.42 Å². The van der Waals surface area contributed by atoms with Crippen molar-refractivity contribution in [2.45, 2.75) is 19.8 Å². The first kappa shape index (κ1) is 16.5. The maximum atomic E-state index is 12.2. The first-order valence-electron chi connectivity index (χ1n) is 7.69. The number of ether oxygens (including phenoxy) is 1. The molecule has 0 amide bonds. The molecule has 1 saturated carbocycles. The van der Waals surface area contributed by atoms with Gasteiger partial charge in [0.15, 0.2) is 5.96 Å². The Morgan fingerprint density at radius 1 is 1.29 bits per heavy atom. The molecule has 1 aliphatic heterocycles. The van der Waals surface area contributed by atoms with Crippen LogP contribution in [0.5, 0.6) is 0 Å². The van der Waals surface area contributed by atoms with Crippen molar-refractivity contribution in [3.05, 3.63) is 0 Å². The molecular formula is C13H26N4O3S. The summed E-state index contributed by atoms with van der Waals surface area (Å²) in [5.41, 5.74) is 0. The molecule has 1 aliphatic carbocycles. The fourth-order valence-electron chi connectivity index (χ4n) is 2.11. The zero-order chi connectivity index (χ0) is 15.1.